The van der Waals surface area contributed by atoms with Gasteiger partial charge in [-0.25, -0.2) is 13.4 Å². The number of aryl methyl sites for hydroxylation is 1. The van der Waals surface area contributed by atoms with Crippen molar-refractivity contribution in [2.24, 2.45) is 0 Å². The predicted molar refractivity (Wildman–Crippen MR) is 86.1 cm³/mol. The van der Waals surface area contributed by atoms with E-state index in [1.165, 1.54) is 17.4 Å². The summed E-state index contributed by atoms with van der Waals surface area (Å²) in [5, 5.41) is 0.595. The molecule has 0 atom stereocenters. The van der Waals surface area contributed by atoms with E-state index in [-0.39, 0.29) is 10.6 Å². The summed E-state index contributed by atoms with van der Waals surface area (Å²) >= 11 is 1.41. The zero-order valence-electron chi connectivity index (χ0n) is 11.4. The fourth-order valence-electron chi connectivity index (χ4n) is 2.17. The van der Waals surface area contributed by atoms with E-state index in [1.54, 1.807) is 19.1 Å². The van der Waals surface area contributed by atoms with Gasteiger partial charge >= 0.3 is 0 Å². The first kappa shape index (κ1) is 14.0. The number of nitrogens with zero attached hydrogens (tertiary/aromatic N) is 1. The summed E-state index contributed by atoms with van der Waals surface area (Å²) in [6.45, 7) is 1.77. The van der Waals surface area contributed by atoms with Gasteiger partial charge in [-0.2, -0.15) is 0 Å². The highest BCUT2D eigenvalue weighted by Crippen LogP contribution is 2.27. The van der Waals surface area contributed by atoms with Gasteiger partial charge < -0.3 is 5.73 Å². The zero-order chi connectivity index (χ0) is 15.0. The number of anilines is 1. The fourth-order valence-corrected chi connectivity index (χ4v) is 5.06. The van der Waals surface area contributed by atoms with E-state index < -0.39 is 9.84 Å². The molecule has 21 heavy (non-hydrogen) atoms. The van der Waals surface area contributed by atoms with Crippen LogP contribution in [0.1, 0.15) is 10.6 Å². The highest BCUT2D eigenvalue weighted by Gasteiger charge is 2.20. The number of thiazole rings is 1. The van der Waals surface area contributed by atoms with Gasteiger partial charge in [0.05, 0.1) is 15.1 Å². The maximum absolute atomic E-state index is 12.6. The van der Waals surface area contributed by atoms with E-state index in [0.717, 1.165) is 10.2 Å². The minimum Gasteiger partial charge on any atom is -0.399 e. The van der Waals surface area contributed by atoms with Gasteiger partial charge in [0, 0.05) is 5.69 Å². The number of hydrogen-bond acceptors (Lipinski definition) is 5. The second kappa shape index (κ2) is 5.13. The van der Waals surface area contributed by atoms with Crippen molar-refractivity contribution in [2.75, 3.05) is 5.73 Å². The van der Waals surface area contributed by atoms with Crippen molar-refractivity contribution in [2.45, 2.75) is 17.6 Å². The lowest BCUT2D eigenvalue weighted by molar-refractivity contribution is 0.594. The van der Waals surface area contributed by atoms with Gasteiger partial charge in [-0.1, -0.05) is 18.2 Å². The van der Waals surface area contributed by atoms with E-state index in [1.807, 2.05) is 24.3 Å². The summed E-state index contributed by atoms with van der Waals surface area (Å²) in [7, 11) is -3.45. The van der Waals surface area contributed by atoms with Crippen molar-refractivity contribution in [1.29, 1.82) is 0 Å². The lowest BCUT2D eigenvalue weighted by atomic mass is 10.2. The Hall–Kier alpha value is -1.92. The maximum Gasteiger partial charge on any atom is 0.185 e. The summed E-state index contributed by atoms with van der Waals surface area (Å²) in [5.41, 5.74) is 7.68. The molecule has 0 fully saturated rings. The number of para-hydroxylation sites is 1. The molecule has 0 aliphatic heterocycles. The molecule has 3 rings (SSSR count). The van der Waals surface area contributed by atoms with Crippen LogP contribution in [0.2, 0.25) is 0 Å². The summed E-state index contributed by atoms with van der Waals surface area (Å²) in [6.07, 6.45) is 0. The monoisotopic (exact) mass is 318 g/mol. The summed E-state index contributed by atoms with van der Waals surface area (Å²) in [5.74, 6) is -0.101. The Morgan fingerprint density at radius 3 is 2.71 bits per heavy atom. The van der Waals surface area contributed by atoms with E-state index >= 15 is 0 Å². The molecular formula is C15H14N2O2S2. The average molecular weight is 318 g/mol. The Labute approximate surface area is 127 Å². The molecular weight excluding hydrogens is 304 g/mol. The predicted octanol–water partition coefficient (Wildman–Crippen LogP) is 3.16. The number of sulfone groups is 1. The van der Waals surface area contributed by atoms with Gasteiger partial charge in [-0.05, 0) is 36.8 Å². The van der Waals surface area contributed by atoms with Gasteiger partial charge in [-0.15, -0.1) is 11.3 Å². The normalized spacial score (nSPS) is 11.9. The van der Waals surface area contributed by atoms with Crippen LogP contribution in [-0.4, -0.2) is 13.4 Å². The second-order valence-corrected chi connectivity index (χ2v) is 7.93. The fraction of sp³-hybridized carbons (Fsp3) is 0.133. The third kappa shape index (κ3) is 2.77. The number of fused-ring (bicyclic) bond motifs is 1. The van der Waals surface area contributed by atoms with Gasteiger partial charge in [0.25, 0.3) is 0 Å². The Morgan fingerprint density at radius 2 is 1.95 bits per heavy atom. The van der Waals surface area contributed by atoms with E-state index in [4.69, 9.17) is 5.73 Å². The van der Waals surface area contributed by atoms with Crippen molar-refractivity contribution in [3.8, 4) is 0 Å². The quantitative estimate of drug-likeness (QED) is 0.753. The topological polar surface area (TPSA) is 73.1 Å². The molecule has 2 N–H and O–H groups in total. The van der Waals surface area contributed by atoms with Crippen LogP contribution in [0.25, 0.3) is 10.2 Å². The SMILES string of the molecule is Cc1ccc(N)cc1S(=O)(=O)Cc1nc2ccccc2s1. The molecule has 1 aromatic heterocycles. The third-order valence-corrected chi connectivity index (χ3v) is 6.18. The molecule has 0 saturated heterocycles. The second-order valence-electron chi connectivity index (χ2n) is 4.86. The number of aromatic nitrogens is 1. The van der Waals surface area contributed by atoms with Gasteiger partial charge in [0.1, 0.15) is 10.8 Å². The molecule has 0 radical (unpaired) electrons. The minimum absolute atomic E-state index is 0.101. The van der Waals surface area contributed by atoms with Crippen molar-refractivity contribution >= 4 is 37.1 Å². The largest absolute Gasteiger partial charge is 0.399 e. The molecule has 0 bridgehead atoms. The van der Waals surface area contributed by atoms with Crippen LogP contribution in [0.3, 0.4) is 0 Å². The molecule has 0 saturated carbocycles. The molecule has 3 aromatic rings. The number of rotatable bonds is 3. The van der Waals surface area contributed by atoms with Crippen molar-refractivity contribution < 1.29 is 8.42 Å². The minimum atomic E-state index is -3.45. The molecule has 1 heterocycles. The van der Waals surface area contributed by atoms with Crippen LogP contribution in [0, 0.1) is 6.92 Å². The Kier molecular flexibility index (Phi) is 3.43. The molecule has 0 aliphatic carbocycles. The average Bonchev–Trinajstić information content (AvgIpc) is 2.82. The molecule has 2 aromatic carbocycles. The molecule has 0 unspecified atom stereocenters. The highest BCUT2D eigenvalue weighted by molar-refractivity contribution is 7.90. The summed E-state index contributed by atoms with van der Waals surface area (Å²) < 4.78 is 26.1. The molecule has 0 amide bonds. The zero-order valence-corrected chi connectivity index (χ0v) is 13.0. The number of benzene rings is 2. The first-order valence-corrected chi connectivity index (χ1v) is 8.86. The molecule has 4 nitrogen and oxygen atoms in total. The molecule has 108 valence electrons. The highest BCUT2D eigenvalue weighted by atomic mass is 32.2. The number of hydrogen-bond donors (Lipinski definition) is 1. The first-order chi connectivity index (χ1) is 9.95. The maximum atomic E-state index is 12.6. The summed E-state index contributed by atoms with van der Waals surface area (Å²) in [4.78, 5) is 4.66. The number of nitrogen functional groups attached to an aromatic ring is 1. The third-order valence-electron chi connectivity index (χ3n) is 3.20. The van der Waals surface area contributed by atoms with Crippen LogP contribution in [0.5, 0.6) is 0 Å². The van der Waals surface area contributed by atoms with Crippen LogP contribution >= 0.6 is 11.3 Å². The van der Waals surface area contributed by atoms with E-state index in [9.17, 15) is 8.42 Å². The lowest BCUT2D eigenvalue weighted by Gasteiger charge is -2.07. The number of nitrogens with two attached hydrogens (primary N) is 1. The van der Waals surface area contributed by atoms with Gasteiger partial charge in [0.15, 0.2) is 9.84 Å². The first-order valence-electron chi connectivity index (χ1n) is 6.39. The smallest absolute Gasteiger partial charge is 0.185 e. The molecule has 0 spiro atoms. The van der Waals surface area contributed by atoms with E-state index in [2.05, 4.69) is 4.98 Å². The van der Waals surface area contributed by atoms with Crippen LogP contribution in [0.4, 0.5) is 5.69 Å². The van der Waals surface area contributed by atoms with Gasteiger partial charge in [0.2, 0.25) is 0 Å². The Bertz CT molecular complexity index is 881. The van der Waals surface area contributed by atoms with Gasteiger partial charge in [-0.3, -0.25) is 0 Å². The van der Waals surface area contributed by atoms with Crippen molar-refractivity contribution in [3.63, 3.8) is 0 Å². The lowest BCUT2D eigenvalue weighted by Crippen LogP contribution is -2.07. The van der Waals surface area contributed by atoms with Crippen LogP contribution < -0.4 is 5.73 Å². The Morgan fingerprint density at radius 1 is 1.19 bits per heavy atom. The molecule has 6 heteroatoms. The van der Waals surface area contributed by atoms with Crippen molar-refractivity contribution in [1.82, 2.24) is 4.98 Å². The van der Waals surface area contributed by atoms with Crippen molar-refractivity contribution in [3.05, 3.63) is 53.0 Å². The van der Waals surface area contributed by atoms with Crippen LogP contribution in [0.15, 0.2) is 47.4 Å². The molecule has 0 aliphatic rings. The summed E-state index contributed by atoms with van der Waals surface area (Å²) in [6, 6.07) is 12.6. The standard InChI is InChI=1S/C15H14N2O2S2/c1-10-6-7-11(16)8-14(10)21(18,19)9-15-17-12-4-2-3-5-13(12)20-15/h2-8H,9,16H2,1H3. The van der Waals surface area contributed by atoms with E-state index in [0.29, 0.717) is 16.3 Å². The van der Waals surface area contributed by atoms with Crippen LogP contribution in [-0.2, 0) is 15.6 Å². The Balaban J connectivity index is 2.01.